The molecule has 0 aromatic rings. The van der Waals surface area contributed by atoms with Gasteiger partial charge in [0, 0.05) is 4.65 Å². The van der Waals surface area contributed by atoms with Crippen molar-refractivity contribution in [1.82, 2.24) is 0 Å². The van der Waals surface area contributed by atoms with Crippen LogP contribution in [-0.2, 0) is 4.79 Å². The summed E-state index contributed by atoms with van der Waals surface area (Å²) in [5.41, 5.74) is 0. The van der Waals surface area contributed by atoms with Gasteiger partial charge in [-0.1, -0.05) is 25.0 Å². The van der Waals surface area contributed by atoms with Gasteiger partial charge in [-0.05, 0) is 6.92 Å². The lowest BCUT2D eigenvalue weighted by Crippen LogP contribution is -2.01. The summed E-state index contributed by atoms with van der Waals surface area (Å²) in [6.07, 6.45) is 2.49. The van der Waals surface area contributed by atoms with Crippen molar-refractivity contribution in [3.63, 3.8) is 0 Å². The van der Waals surface area contributed by atoms with Crippen LogP contribution in [0.15, 0.2) is 0 Å². The normalized spacial score (nSPS) is 8.75. The summed E-state index contributed by atoms with van der Waals surface area (Å²) < 4.78 is 0.457. The van der Waals surface area contributed by atoms with E-state index in [0.717, 1.165) is 0 Å². The Hall–Kier alpha value is 0.202. The Bertz CT molecular complexity index is 70.9. The maximum absolute atomic E-state index is 10.4. The van der Waals surface area contributed by atoms with Gasteiger partial charge in [-0.3, -0.25) is 0 Å². The van der Waals surface area contributed by atoms with E-state index in [0.29, 0.717) is 4.65 Å². The molecule has 0 aliphatic carbocycles. The zero-order chi connectivity index (χ0) is 6.41. The van der Waals surface area contributed by atoms with Crippen molar-refractivity contribution in [3.05, 3.63) is 0 Å². The fourth-order valence-electron chi connectivity index (χ4n) is 0.624. The maximum Gasteiger partial charge on any atom is 0.342 e. The second kappa shape index (κ2) is 5.34. The molecule has 0 saturated carbocycles. The average Bonchev–Trinajstić information content (AvgIpc) is 1.66. The van der Waals surface area contributed by atoms with Crippen LogP contribution in [0.3, 0.4) is 0 Å². The SMILES string of the molecule is CCC[CH2][AlH][C](C)=O. The average molecular weight is 128 g/mol. The highest BCUT2D eigenvalue weighted by Gasteiger charge is 1.96. The van der Waals surface area contributed by atoms with Gasteiger partial charge in [0.1, 0.15) is 0 Å². The van der Waals surface area contributed by atoms with Crippen molar-refractivity contribution in [2.45, 2.75) is 32.0 Å². The van der Waals surface area contributed by atoms with Crippen LogP contribution >= 0.6 is 0 Å². The number of rotatable bonds is 4. The van der Waals surface area contributed by atoms with Gasteiger partial charge < -0.3 is 4.79 Å². The molecule has 46 valence electrons. The minimum Gasteiger partial charge on any atom is -0.322 e. The van der Waals surface area contributed by atoms with E-state index in [1.165, 1.54) is 18.1 Å². The summed E-state index contributed by atoms with van der Waals surface area (Å²) in [5.74, 6) is 0. The first kappa shape index (κ1) is 8.20. The highest BCUT2D eigenvalue weighted by Crippen LogP contribution is 1.92. The minimum atomic E-state index is -0.304. The lowest BCUT2D eigenvalue weighted by molar-refractivity contribution is -0.110. The van der Waals surface area contributed by atoms with E-state index >= 15 is 0 Å². The number of hydrogen-bond acceptors (Lipinski definition) is 1. The molecule has 2 heteroatoms. The first-order chi connectivity index (χ1) is 3.77. The predicted octanol–water partition coefficient (Wildman–Crippen LogP) is 1.19. The summed E-state index contributed by atoms with van der Waals surface area (Å²) in [4.78, 5) is 10.4. The van der Waals surface area contributed by atoms with E-state index in [2.05, 4.69) is 6.92 Å². The summed E-state index contributed by atoms with van der Waals surface area (Å²) >= 11 is -0.304. The molecule has 0 bridgehead atoms. The van der Waals surface area contributed by atoms with Gasteiger partial charge in [0.25, 0.3) is 0 Å². The van der Waals surface area contributed by atoms with E-state index in [1.807, 2.05) is 0 Å². The van der Waals surface area contributed by atoms with E-state index in [4.69, 9.17) is 0 Å². The van der Waals surface area contributed by atoms with Crippen LogP contribution in [0.4, 0.5) is 0 Å². The van der Waals surface area contributed by atoms with Crippen LogP contribution in [0, 0.1) is 0 Å². The molecule has 0 aliphatic rings. The number of carbonyl (C=O) groups is 1. The highest BCUT2D eigenvalue weighted by molar-refractivity contribution is 6.73. The Morgan fingerprint density at radius 2 is 2.25 bits per heavy atom. The second-order valence-electron chi connectivity index (χ2n) is 2.16. The lowest BCUT2D eigenvalue weighted by Gasteiger charge is -1.87. The Kier molecular flexibility index (Phi) is 5.48. The molecule has 0 N–H and O–H groups in total. The molecule has 0 saturated heterocycles. The molecule has 0 heterocycles. The van der Waals surface area contributed by atoms with Crippen LogP contribution in [0.25, 0.3) is 0 Å². The van der Waals surface area contributed by atoms with E-state index in [-0.39, 0.29) is 15.2 Å². The molecule has 0 rings (SSSR count). The molecule has 0 unspecified atom stereocenters. The minimum absolute atomic E-state index is 0.304. The second-order valence-corrected chi connectivity index (χ2v) is 4.36. The van der Waals surface area contributed by atoms with Crippen LogP contribution in [0.5, 0.6) is 0 Å². The van der Waals surface area contributed by atoms with E-state index in [9.17, 15) is 4.79 Å². The molecule has 0 aromatic carbocycles. The number of hydrogen-bond donors (Lipinski definition) is 0. The van der Waals surface area contributed by atoms with Crippen LogP contribution in [0.1, 0.15) is 26.7 Å². The first-order valence-corrected chi connectivity index (χ1v) is 4.97. The predicted molar refractivity (Wildman–Crippen MR) is 37.5 cm³/mol. The largest absolute Gasteiger partial charge is 0.342 e. The lowest BCUT2D eigenvalue weighted by atomic mass is 10.4. The van der Waals surface area contributed by atoms with Gasteiger partial charge in [0.2, 0.25) is 0 Å². The zero-order valence-electron chi connectivity index (χ0n) is 5.74. The topological polar surface area (TPSA) is 17.1 Å². The fraction of sp³-hybridized carbons (Fsp3) is 0.833. The van der Waals surface area contributed by atoms with Gasteiger partial charge in [0.05, 0.1) is 0 Å². The van der Waals surface area contributed by atoms with Gasteiger partial charge in [0.15, 0.2) is 0 Å². The van der Waals surface area contributed by atoms with Crippen LogP contribution in [-0.4, -0.2) is 19.9 Å². The zero-order valence-corrected chi connectivity index (χ0v) is 7.15. The van der Waals surface area contributed by atoms with Crippen molar-refractivity contribution in [2.24, 2.45) is 0 Å². The summed E-state index contributed by atoms with van der Waals surface area (Å²) in [5, 5.41) is 1.21. The van der Waals surface area contributed by atoms with Crippen molar-refractivity contribution in [1.29, 1.82) is 0 Å². The Labute approximate surface area is 57.2 Å². The summed E-state index contributed by atoms with van der Waals surface area (Å²) in [6, 6.07) is 0. The molecule has 8 heavy (non-hydrogen) atoms. The van der Waals surface area contributed by atoms with E-state index < -0.39 is 0 Å². The van der Waals surface area contributed by atoms with Gasteiger partial charge in [-0.15, -0.1) is 0 Å². The van der Waals surface area contributed by atoms with Gasteiger partial charge >= 0.3 is 15.2 Å². The molecule has 1 nitrogen and oxygen atoms in total. The standard InChI is InChI=1S/C4H9.C2H3O.Al.H/c1-3-4-2;1-2-3;;/h1,3-4H2,2H3;1H3;;. The molecule has 0 aliphatic heterocycles. The van der Waals surface area contributed by atoms with Gasteiger partial charge in [-0.25, -0.2) is 0 Å². The molecular weight excluding hydrogens is 115 g/mol. The van der Waals surface area contributed by atoms with Crippen LogP contribution in [0.2, 0.25) is 5.28 Å². The third-order valence-corrected chi connectivity index (χ3v) is 2.69. The quantitative estimate of drug-likeness (QED) is 0.410. The summed E-state index contributed by atoms with van der Waals surface area (Å²) in [7, 11) is 0. The third-order valence-electron chi connectivity index (χ3n) is 1.13. The monoisotopic (exact) mass is 128 g/mol. The molecule has 0 amide bonds. The molecule has 0 atom stereocenters. The maximum atomic E-state index is 10.4. The smallest absolute Gasteiger partial charge is 0.322 e. The Morgan fingerprint density at radius 3 is 2.62 bits per heavy atom. The Morgan fingerprint density at radius 1 is 1.62 bits per heavy atom. The molecular formula is C6H13AlO. The summed E-state index contributed by atoms with van der Waals surface area (Å²) in [6.45, 7) is 3.87. The third kappa shape index (κ3) is 6.20. The molecule has 0 aromatic heterocycles. The Balaban J connectivity index is 2.82. The molecule has 0 radical (unpaired) electrons. The number of unbranched alkanes of at least 4 members (excludes halogenated alkanes) is 1. The van der Waals surface area contributed by atoms with Gasteiger partial charge in [-0.2, -0.15) is 0 Å². The van der Waals surface area contributed by atoms with Crippen molar-refractivity contribution in [2.75, 3.05) is 0 Å². The van der Waals surface area contributed by atoms with Crippen molar-refractivity contribution in [3.8, 4) is 0 Å². The first-order valence-electron chi connectivity index (χ1n) is 3.26. The van der Waals surface area contributed by atoms with E-state index in [1.54, 1.807) is 6.92 Å². The fourth-order valence-corrected chi connectivity index (χ4v) is 1.87. The number of carbonyl (C=O) groups excluding carboxylic acids is 1. The molecule has 0 spiro atoms. The molecule has 0 fully saturated rings. The van der Waals surface area contributed by atoms with Crippen molar-refractivity contribution >= 4 is 19.9 Å². The highest BCUT2D eigenvalue weighted by atomic mass is 27.1. The van der Waals surface area contributed by atoms with Crippen LogP contribution < -0.4 is 0 Å². The van der Waals surface area contributed by atoms with Crippen molar-refractivity contribution < 1.29 is 4.79 Å².